The van der Waals surface area contributed by atoms with Gasteiger partial charge in [0.25, 0.3) is 0 Å². The molecule has 4 N–H and O–H groups in total. The summed E-state index contributed by atoms with van der Waals surface area (Å²) in [5, 5.41) is 16.1. The first-order valence-electron chi connectivity index (χ1n) is 6.23. The van der Waals surface area contributed by atoms with E-state index >= 15 is 0 Å². The lowest BCUT2D eigenvalue weighted by Gasteiger charge is -2.10. The number of amides is 3. The van der Waals surface area contributed by atoms with Crippen molar-refractivity contribution in [2.45, 2.75) is 12.8 Å². The number of rotatable bonds is 10. The quantitative estimate of drug-likeness (QED) is 0.156. The summed E-state index contributed by atoms with van der Waals surface area (Å²) in [5.74, 6) is -0.246. The molecule has 0 rings (SSSR count). The second-order valence-corrected chi connectivity index (χ2v) is 6.84. The fourth-order valence-electron chi connectivity index (χ4n) is 1.25. The van der Waals surface area contributed by atoms with E-state index < -0.39 is 7.37 Å². The highest BCUT2D eigenvalue weighted by atomic mass is 31.2. The zero-order valence-corrected chi connectivity index (χ0v) is 12.4. The number of urea groups is 1. The Morgan fingerprint density at radius 3 is 2.30 bits per heavy atom. The van der Waals surface area contributed by atoms with Crippen LogP contribution in [0.25, 0.3) is 0 Å². The van der Waals surface area contributed by atoms with Gasteiger partial charge in [-0.1, -0.05) is 6.58 Å². The lowest BCUT2D eigenvalue weighted by atomic mass is 10.4. The molecule has 0 bridgehead atoms. The number of nitrogens with one attached hydrogen (secondary N) is 3. The second-order valence-electron chi connectivity index (χ2n) is 4.20. The molecule has 0 aliphatic heterocycles. The minimum Gasteiger partial charge on any atom is -0.353 e. The third-order valence-electron chi connectivity index (χ3n) is 2.32. The van der Waals surface area contributed by atoms with Crippen molar-refractivity contribution < 1.29 is 24.1 Å². The Morgan fingerprint density at radius 1 is 1.20 bits per heavy atom. The van der Waals surface area contributed by atoms with Crippen molar-refractivity contribution in [2.24, 2.45) is 0 Å². The number of carbonyl (C=O) groups is 2. The van der Waals surface area contributed by atoms with Crippen molar-refractivity contribution in [2.75, 3.05) is 32.5 Å². The third-order valence-corrected chi connectivity index (χ3v) is 3.80. The molecule has 0 aliphatic carbocycles. The van der Waals surface area contributed by atoms with Gasteiger partial charge >= 0.3 is 6.03 Å². The van der Waals surface area contributed by atoms with Gasteiger partial charge in [-0.3, -0.25) is 9.36 Å². The third kappa shape index (κ3) is 10.5. The largest absolute Gasteiger partial charge is 0.353 e. The molecule has 0 spiro atoms. The Kier molecular flexibility index (Phi) is 9.71. The summed E-state index contributed by atoms with van der Waals surface area (Å²) < 4.78 is 15.2. The maximum Gasteiger partial charge on any atom is 0.314 e. The summed E-state index contributed by atoms with van der Waals surface area (Å²) in [7, 11) is -2.94. The van der Waals surface area contributed by atoms with Gasteiger partial charge in [-0.25, -0.2) is 10.1 Å². The molecule has 8 nitrogen and oxygen atoms in total. The van der Waals surface area contributed by atoms with Crippen molar-refractivity contribution in [1.82, 2.24) is 16.0 Å². The monoisotopic (exact) mass is 307 g/mol. The SMILES string of the molecule is C=CC(=O)NCCCNC(=O)NCCCP(C)(=O)OO. The minimum absolute atomic E-state index is 0.192. The predicted octanol–water partition coefficient (Wildman–Crippen LogP) is 0.765. The molecular formula is C11H22N3O5P. The molecule has 0 aromatic carbocycles. The first-order valence-corrected chi connectivity index (χ1v) is 8.48. The predicted molar refractivity (Wildman–Crippen MR) is 76.0 cm³/mol. The maximum absolute atomic E-state index is 11.3. The van der Waals surface area contributed by atoms with Crippen LogP contribution in [0.2, 0.25) is 0 Å². The van der Waals surface area contributed by atoms with E-state index in [1.807, 2.05) is 0 Å². The average Bonchev–Trinajstić information content (AvgIpc) is 2.43. The van der Waals surface area contributed by atoms with Gasteiger partial charge in [0.05, 0.1) is 0 Å². The highest BCUT2D eigenvalue weighted by Gasteiger charge is 2.14. The summed E-state index contributed by atoms with van der Waals surface area (Å²) in [5.41, 5.74) is 0. The Labute approximate surface area is 118 Å². The van der Waals surface area contributed by atoms with E-state index in [0.29, 0.717) is 32.5 Å². The van der Waals surface area contributed by atoms with Crippen molar-refractivity contribution in [3.05, 3.63) is 12.7 Å². The normalized spacial score (nSPS) is 13.1. The molecule has 0 aromatic rings. The van der Waals surface area contributed by atoms with Crippen molar-refractivity contribution >= 4 is 19.3 Å². The molecule has 3 amide bonds. The molecule has 0 aliphatic rings. The molecule has 0 saturated heterocycles. The van der Waals surface area contributed by atoms with Crippen LogP contribution in [-0.2, 0) is 14.0 Å². The number of hydrogen-bond donors (Lipinski definition) is 4. The molecular weight excluding hydrogens is 285 g/mol. The van der Waals surface area contributed by atoms with Crippen molar-refractivity contribution in [3.8, 4) is 0 Å². The van der Waals surface area contributed by atoms with Crippen LogP contribution in [-0.4, -0.2) is 49.7 Å². The molecule has 0 saturated carbocycles. The number of hydrogen-bond acceptors (Lipinski definition) is 5. The van der Waals surface area contributed by atoms with Crippen LogP contribution in [0.4, 0.5) is 4.79 Å². The van der Waals surface area contributed by atoms with Gasteiger partial charge in [0.15, 0.2) is 0 Å². The van der Waals surface area contributed by atoms with Crippen LogP contribution in [0.5, 0.6) is 0 Å². The molecule has 0 fully saturated rings. The van der Waals surface area contributed by atoms with E-state index in [2.05, 4.69) is 27.2 Å². The van der Waals surface area contributed by atoms with E-state index in [0.717, 1.165) is 0 Å². The molecule has 0 aromatic heterocycles. The second kappa shape index (κ2) is 10.4. The average molecular weight is 307 g/mol. The van der Waals surface area contributed by atoms with Gasteiger partial charge in [-0.2, -0.15) is 4.67 Å². The van der Waals surface area contributed by atoms with Crippen LogP contribution in [0.3, 0.4) is 0 Å². The van der Waals surface area contributed by atoms with E-state index in [-0.39, 0.29) is 18.1 Å². The molecule has 20 heavy (non-hydrogen) atoms. The fourth-order valence-corrected chi connectivity index (χ4v) is 2.06. The zero-order valence-electron chi connectivity index (χ0n) is 11.6. The topological polar surface area (TPSA) is 117 Å². The Balaban J connectivity index is 3.48. The highest BCUT2D eigenvalue weighted by Crippen LogP contribution is 2.41. The van der Waals surface area contributed by atoms with Gasteiger partial charge < -0.3 is 16.0 Å². The standard InChI is InChI=1S/C11H22N3O5P/c1-3-10(15)12-6-4-7-13-11(16)14-8-5-9-20(2,18)19-17/h3,17H,1,4-9H2,2H3,(H,12,15)(H2,13,14,16). The van der Waals surface area contributed by atoms with Crippen molar-refractivity contribution in [1.29, 1.82) is 0 Å². The maximum atomic E-state index is 11.3. The summed E-state index contributed by atoms with van der Waals surface area (Å²) in [6.07, 6.45) is 2.42. The van der Waals surface area contributed by atoms with Gasteiger partial charge in [0.1, 0.15) is 0 Å². The van der Waals surface area contributed by atoms with E-state index in [1.165, 1.54) is 12.7 Å². The van der Waals surface area contributed by atoms with Crippen LogP contribution in [0, 0.1) is 0 Å². The minimum atomic E-state index is -2.94. The van der Waals surface area contributed by atoms with Gasteiger partial charge in [0, 0.05) is 32.5 Å². The number of carbonyl (C=O) groups excluding carboxylic acids is 2. The molecule has 9 heteroatoms. The van der Waals surface area contributed by atoms with Crippen molar-refractivity contribution in [3.63, 3.8) is 0 Å². The van der Waals surface area contributed by atoms with Crippen LogP contribution in [0.15, 0.2) is 12.7 Å². The molecule has 1 atom stereocenters. The highest BCUT2D eigenvalue weighted by molar-refractivity contribution is 7.57. The van der Waals surface area contributed by atoms with E-state index in [1.54, 1.807) is 0 Å². The summed E-state index contributed by atoms with van der Waals surface area (Å²) in [6, 6.07) is -0.337. The smallest absolute Gasteiger partial charge is 0.314 e. The van der Waals surface area contributed by atoms with Crippen LogP contribution >= 0.6 is 7.37 Å². The van der Waals surface area contributed by atoms with Gasteiger partial charge in [0.2, 0.25) is 13.3 Å². The lowest BCUT2D eigenvalue weighted by Crippen LogP contribution is -2.37. The van der Waals surface area contributed by atoms with Crippen LogP contribution in [0.1, 0.15) is 12.8 Å². The first kappa shape index (κ1) is 18.6. The molecule has 1 unspecified atom stereocenters. The molecule has 0 radical (unpaired) electrons. The van der Waals surface area contributed by atoms with Gasteiger partial charge in [-0.05, 0) is 18.9 Å². The summed E-state index contributed by atoms with van der Waals surface area (Å²) in [6.45, 7) is 5.86. The van der Waals surface area contributed by atoms with Gasteiger partial charge in [-0.15, -0.1) is 0 Å². The van der Waals surface area contributed by atoms with E-state index in [9.17, 15) is 14.2 Å². The lowest BCUT2D eigenvalue weighted by molar-refractivity contribution is -0.134. The Morgan fingerprint density at radius 2 is 1.75 bits per heavy atom. The Bertz CT molecular complexity index is 375. The van der Waals surface area contributed by atoms with E-state index in [4.69, 9.17) is 5.26 Å². The fraction of sp³-hybridized carbons (Fsp3) is 0.636. The first-order chi connectivity index (χ1) is 9.41. The van der Waals surface area contributed by atoms with Crippen LogP contribution < -0.4 is 16.0 Å². The summed E-state index contributed by atoms with van der Waals surface area (Å²) in [4.78, 5) is 22.1. The Hall–Kier alpha value is -1.37. The zero-order chi connectivity index (χ0) is 15.4. The molecule has 0 heterocycles. The molecule has 116 valence electrons. The summed E-state index contributed by atoms with van der Waals surface area (Å²) >= 11 is 0.